The van der Waals surface area contributed by atoms with Gasteiger partial charge in [-0.15, -0.1) is 6.58 Å². The molecule has 140 valence electrons. The van der Waals surface area contributed by atoms with Gasteiger partial charge in [0, 0.05) is 32.6 Å². The molecule has 1 amide bonds. The minimum atomic E-state index is -0.0650. The van der Waals surface area contributed by atoms with E-state index in [0.717, 1.165) is 16.6 Å². The maximum atomic E-state index is 12.8. The van der Waals surface area contributed by atoms with E-state index in [1.165, 1.54) is 0 Å². The number of carbonyl (C=O) groups excluding carboxylic acids is 1. The lowest BCUT2D eigenvalue weighted by Crippen LogP contribution is -2.32. The number of fused-ring (bicyclic) bond motifs is 1. The molecule has 5 nitrogen and oxygen atoms in total. The van der Waals surface area contributed by atoms with Crippen LogP contribution in [0.2, 0.25) is 0 Å². The molecule has 0 fully saturated rings. The van der Waals surface area contributed by atoms with E-state index < -0.39 is 0 Å². The zero-order chi connectivity index (χ0) is 19.2. The standard InChI is InChI=1S/C22H25N3O2/c1-3-15-23(17-18-10-6-5-7-11-18)21(26)14-16-25-20-13-9-8-12-19(20)24(4-2)22(25)27/h3,5-13H,1,4,14-17H2,2H3. The van der Waals surface area contributed by atoms with Crippen LogP contribution in [0.25, 0.3) is 11.0 Å². The summed E-state index contributed by atoms with van der Waals surface area (Å²) >= 11 is 0. The molecule has 0 aliphatic heterocycles. The van der Waals surface area contributed by atoms with Crippen LogP contribution in [-0.4, -0.2) is 26.5 Å². The summed E-state index contributed by atoms with van der Waals surface area (Å²) in [5, 5.41) is 0. The first-order chi connectivity index (χ1) is 13.2. The van der Waals surface area contributed by atoms with Gasteiger partial charge in [0.1, 0.15) is 0 Å². The number of aromatic nitrogens is 2. The van der Waals surface area contributed by atoms with Gasteiger partial charge in [0.25, 0.3) is 0 Å². The summed E-state index contributed by atoms with van der Waals surface area (Å²) in [6.45, 7) is 7.71. The number of nitrogens with zero attached hydrogens (tertiary/aromatic N) is 3. The van der Waals surface area contributed by atoms with Crippen molar-refractivity contribution in [2.75, 3.05) is 6.54 Å². The Balaban J connectivity index is 1.78. The maximum Gasteiger partial charge on any atom is 0.329 e. The van der Waals surface area contributed by atoms with Gasteiger partial charge >= 0.3 is 5.69 Å². The Morgan fingerprint density at radius 1 is 1.04 bits per heavy atom. The van der Waals surface area contributed by atoms with Gasteiger partial charge in [-0.3, -0.25) is 13.9 Å². The van der Waals surface area contributed by atoms with Crippen molar-refractivity contribution in [3.63, 3.8) is 0 Å². The molecule has 0 saturated carbocycles. The third kappa shape index (κ3) is 4.03. The van der Waals surface area contributed by atoms with Crippen molar-refractivity contribution >= 4 is 16.9 Å². The summed E-state index contributed by atoms with van der Waals surface area (Å²) in [7, 11) is 0. The zero-order valence-corrected chi connectivity index (χ0v) is 15.7. The van der Waals surface area contributed by atoms with Crippen LogP contribution in [0.15, 0.2) is 72.0 Å². The van der Waals surface area contributed by atoms with Crippen molar-refractivity contribution in [1.82, 2.24) is 14.0 Å². The second kappa shape index (κ2) is 8.54. The van der Waals surface area contributed by atoms with Crippen LogP contribution in [0.5, 0.6) is 0 Å². The second-order valence-electron chi connectivity index (χ2n) is 6.47. The number of hydrogen-bond donors (Lipinski definition) is 0. The Labute approximate surface area is 159 Å². The summed E-state index contributed by atoms with van der Waals surface area (Å²) in [5.74, 6) is 0.0129. The first-order valence-electron chi connectivity index (χ1n) is 9.26. The van der Waals surface area contributed by atoms with E-state index in [4.69, 9.17) is 0 Å². The fraction of sp³-hybridized carbons (Fsp3) is 0.273. The molecule has 0 aliphatic rings. The topological polar surface area (TPSA) is 47.2 Å². The van der Waals surface area contributed by atoms with Gasteiger partial charge in [-0.2, -0.15) is 0 Å². The number of para-hydroxylation sites is 2. The molecule has 0 atom stereocenters. The minimum Gasteiger partial charge on any atom is -0.335 e. The van der Waals surface area contributed by atoms with Crippen molar-refractivity contribution in [2.24, 2.45) is 0 Å². The van der Waals surface area contributed by atoms with Crippen LogP contribution in [0.3, 0.4) is 0 Å². The van der Waals surface area contributed by atoms with E-state index in [2.05, 4.69) is 6.58 Å². The Morgan fingerprint density at radius 2 is 1.67 bits per heavy atom. The highest BCUT2D eigenvalue weighted by molar-refractivity contribution is 5.78. The number of imidazole rings is 1. The molecule has 1 aromatic heterocycles. The Morgan fingerprint density at radius 3 is 2.30 bits per heavy atom. The van der Waals surface area contributed by atoms with Crippen LogP contribution in [0, 0.1) is 0 Å². The van der Waals surface area contributed by atoms with E-state index in [1.807, 2.05) is 61.5 Å². The molecule has 0 spiro atoms. The normalized spacial score (nSPS) is 10.9. The highest BCUT2D eigenvalue weighted by atomic mass is 16.2. The summed E-state index contributed by atoms with van der Waals surface area (Å²) < 4.78 is 3.44. The molecule has 0 saturated heterocycles. The SMILES string of the molecule is C=CCN(Cc1ccccc1)C(=O)CCn1c(=O)n(CC)c2ccccc21. The molecule has 3 rings (SSSR count). The predicted octanol–water partition coefficient (Wildman–Crippen LogP) is 3.43. The van der Waals surface area contributed by atoms with Gasteiger partial charge < -0.3 is 4.90 Å². The fourth-order valence-corrected chi connectivity index (χ4v) is 3.37. The minimum absolute atomic E-state index is 0.0129. The molecule has 0 radical (unpaired) electrons. The fourth-order valence-electron chi connectivity index (χ4n) is 3.37. The number of hydrogen-bond acceptors (Lipinski definition) is 2. The molecule has 0 aliphatic carbocycles. The van der Waals surface area contributed by atoms with Gasteiger partial charge in [-0.05, 0) is 24.6 Å². The van der Waals surface area contributed by atoms with Crippen LogP contribution >= 0.6 is 0 Å². The summed E-state index contributed by atoms with van der Waals surface area (Å²) in [6, 6.07) is 17.6. The number of aryl methyl sites for hydroxylation is 2. The van der Waals surface area contributed by atoms with E-state index in [-0.39, 0.29) is 18.0 Å². The Hall–Kier alpha value is -3.08. The van der Waals surface area contributed by atoms with Crippen LogP contribution < -0.4 is 5.69 Å². The average molecular weight is 363 g/mol. The van der Waals surface area contributed by atoms with Crippen molar-refractivity contribution in [3.05, 3.63) is 83.3 Å². The molecule has 0 unspecified atom stereocenters. The third-order valence-electron chi connectivity index (χ3n) is 4.71. The quantitative estimate of drug-likeness (QED) is 0.576. The Bertz CT molecular complexity index is 986. The zero-order valence-electron chi connectivity index (χ0n) is 15.7. The molecular weight excluding hydrogens is 338 g/mol. The highest BCUT2D eigenvalue weighted by Crippen LogP contribution is 2.14. The molecule has 0 bridgehead atoms. The van der Waals surface area contributed by atoms with E-state index >= 15 is 0 Å². The molecular formula is C22H25N3O2. The molecule has 27 heavy (non-hydrogen) atoms. The first kappa shape index (κ1) is 18.7. The lowest BCUT2D eigenvalue weighted by molar-refractivity contribution is -0.131. The second-order valence-corrected chi connectivity index (χ2v) is 6.47. The molecule has 3 aromatic rings. The molecule has 1 heterocycles. The molecule has 5 heteroatoms. The van der Waals surface area contributed by atoms with Crippen LogP contribution in [-0.2, 0) is 24.4 Å². The van der Waals surface area contributed by atoms with Gasteiger partial charge in [0.2, 0.25) is 5.91 Å². The number of rotatable bonds is 8. The van der Waals surface area contributed by atoms with E-state index in [0.29, 0.717) is 26.2 Å². The lowest BCUT2D eigenvalue weighted by atomic mass is 10.2. The first-order valence-corrected chi connectivity index (χ1v) is 9.26. The smallest absolute Gasteiger partial charge is 0.329 e. The molecule has 2 aromatic carbocycles. The molecule has 0 N–H and O–H groups in total. The van der Waals surface area contributed by atoms with Gasteiger partial charge in [0.05, 0.1) is 11.0 Å². The average Bonchev–Trinajstić information content (AvgIpc) is 2.97. The van der Waals surface area contributed by atoms with Gasteiger partial charge in [-0.1, -0.05) is 48.5 Å². The summed E-state index contributed by atoms with van der Waals surface area (Å²) in [4.78, 5) is 27.3. The lowest BCUT2D eigenvalue weighted by Gasteiger charge is -2.21. The van der Waals surface area contributed by atoms with Crippen molar-refractivity contribution in [2.45, 2.75) is 33.0 Å². The summed E-state index contributed by atoms with van der Waals surface area (Å²) in [6.07, 6.45) is 2.01. The number of benzene rings is 2. The third-order valence-corrected chi connectivity index (χ3v) is 4.71. The van der Waals surface area contributed by atoms with Crippen LogP contribution in [0.4, 0.5) is 0 Å². The van der Waals surface area contributed by atoms with Crippen molar-refractivity contribution < 1.29 is 4.79 Å². The predicted molar refractivity (Wildman–Crippen MR) is 109 cm³/mol. The van der Waals surface area contributed by atoms with Gasteiger partial charge in [0.15, 0.2) is 0 Å². The Kier molecular flexibility index (Phi) is 5.91. The van der Waals surface area contributed by atoms with Crippen molar-refractivity contribution in [3.8, 4) is 0 Å². The van der Waals surface area contributed by atoms with Gasteiger partial charge in [-0.25, -0.2) is 4.79 Å². The van der Waals surface area contributed by atoms with E-state index in [1.54, 1.807) is 20.1 Å². The highest BCUT2D eigenvalue weighted by Gasteiger charge is 2.16. The number of amides is 1. The van der Waals surface area contributed by atoms with E-state index in [9.17, 15) is 9.59 Å². The van der Waals surface area contributed by atoms with Crippen LogP contribution in [0.1, 0.15) is 18.9 Å². The monoisotopic (exact) mass is 363 g/mol. The maximum absolute atomic E-state index is 12.8. The number of carbonyl (C=O) groups is 1. The largest absolute Gasteiger partial charge is 0.335 e. The summed E-state index contributed by atoms with van der Waals surface area (Å²) in [5.41, 5.74) is 2.79. The van der Waals surface area contributed by atoms with Crippen molar-refractivity contribution in [1.29, 1.82) is 0 Å².